The van der Waals surface area contributed by atoms with Crippen molar-refractivity contribution in [2.45, 2.75) is 6.42 Å². The van der Waals surface area contributed by atoms with Crippen molar-refractivity contribution in [1.82, 2.24) is 35.2 Å². The summed E-state index contributed by atoms with van der Waals surface area (Å²) in [5, 5.41) is 27.8. The van der Waals surface area contributed by atoms with Crippen molar-refractivity contribution < 1.29 is 9.53 Å². The van der Waals surface area contributed by atoms with Crippen LogP contribution in [0.2, 0.25) is 0 Å². The van der Waals surface area contributed by atoms with E-state index in [1.807, 2.05) is 0 Å². The van der Waals surface area contributed by atoms with Gasteiger partial charge in [-0.2, -0.15) is 10.3 Å². The minimum atomic E-state index is -0.551. The van der Waals surface area contributed by atoms with E-state index in [-0.39, 0.29) is 11.7 Å². The molecule has 0 aliphatic heterocycles. The second-order valence-corrected chi connectivity index (χ2v) is 5.69. The number of nitrogens with two attached hydrogens (primary N) is 1. The molecule has 4 rings (SSSR count). The van der Waals surface area contributed by atoms with Gasteiger partial charge >= 0.3 is 5.97 Å². The molecule has 3 heterocycles. The summed E-state index contributed by atoms with van der Waals surface area (Å²) in [6, 6.07) is 9.78. The van der Waals surface area contributed by atoms with Crippen LogP contribution in [-0.4, -0.2) is 47.2 Å². The van der Waals surface area contributed by atoms with E-state index in [1.165, 1.54) is 6.33 Å². The predicted octanol–water partition coefficient (Wildman–Crippen LogP) is 0.358. The highest BCUT2D eigenvalue weighted by atomic mass is 16.5. The summed E-state index contributed by atoms with van der Waals surface area (Å²) in [6.07, 6.45) is 1.75. The first-order valence-electron chi connectivity index (χ1n) is 8.07. The van der Waals surface area contributed by atoms with Crippen molar-refractivity contribution in [3.05, 3.63) is 59.8 Å². The number of benzene rings is 1. The normalized spacial score (nSPS) is 10.7. The number of ether oxygens (including phenoxy) is 1. The lowest BCUT2D eigenvalue weighted by atomic mass is 10.2. The van der Waals surface area contributed by atoms with Gasteiger partial charge in [0.2, 0.25) is 0 Å². The number of esters is 1. The van der Waals surface area contributed by atoms with Crippen molar-refractivity contribution in [3.8, 4) is 5.75 Å². The fraction of sp³-hybridized carbons (Fsp3) is 0.0625. The van der Waals surface area contributed by atoms with Gasteiger partial charge in [0.25, 0.3) is 0 Å². The topological polar surface area (TPSA) is 173 Å². The van der Waals surface area contributed by atoms with Gasteiger partial charge in [0.05, 0.1) is 17.7 Å². The molecule has 0 atom stereocenters. The van der Waals surface area contributed by atoms with E-state index in [0.717, 1.165) is 5.69 Å². The fourth-order valence-corrected chi connectivity index (χ4v) is 2.57. The zero-order chi connectivity index (χ0) is 19.5. The molecule has 0 unspecified atom stereocenters. The smallest absolute Gasteiger partial charge is 0.343 e. The Morgan fingerprint density at radius 2 is 2.07 bits per heavy atom. The Morgan fingerprint density at radius 3 is 2.79 bits per heavy atom. The van der Waals surface area contributed by atoms with Crippen LogP contribution in [0.25, 0.3) is 5.65 Å². The molecule has 0 saturated carbocycles. The maximum absolute atomic E-state index is 12.5. The molecule has 0 aliphatic rings. The second-order valence-electron chi connectivity index (χ2n) is 5.69. The van der Waals surface area contributed by atoms with Crippen molar-refractivity contribution in [1.29, 1.82) is 5.41 Å². The van der Waals surface area contributed by atoms with E-state index in [2.05, 4.69) is 36.0 Å². The Labute approximate surface area is 157 Å². The third-order valence-electron chi connectivity index (χ3n) is 3.80. The summed E-state index contributed by atoms with van der Waals surface area (Å²) in [4.78, 5) is 16.6. The second kappa shape index (κ2) is 7.11. The lowest BCUT2D eigenvalue weighted by Gasteiger charge is -2.08. The van der Waals surface area contributed by atoms with Crippen molar-refractivity contribution >= 4 is 23.3 Å². The molecular weight excluding hydrogens is 364 g/mol. The molecule has 3 aromatic heterocycles. The van der Waals surface area contributed by atoms with Gasteiger partial charge in [-0.05, 0) is 36.4 Å². The van der Waals surface area contributed by atoms with Crippen LogP contribution in [0, 0.1) is 5.41 Å². The fourth-order valence-electron chi connectivity index (χ4n) is 2.57. The molecule has 140 valence electrons. The van der Waals surface area contributed by atoms with Crippen LogP contribution >= 0.6 is 0 Å². The van der Waals surface area contributed by atoms with Crippen LogP contribution in [0.3, 0.4) is 0 Å². The third-order valence-corrected chi connectivity index (χ3v) is 3.80. The summed E-state index contributed by atoms with van der Waals surface area (Å²) in [7, 11) is 0. The molecule has 1 aromatic carbocycles. The standard InChI is InChI=1S/C16H14N10O2/c17-16(18)21-10-3-1-9(2-4-10)15(27)28-12-6-5-11(7-13-22-24-25-23-13)26-14(12)19-8-20-26/h1-6,8H,7H2,(H4,17,18,21)(H,22,23,24,25). The van der Waals surface area contributed by atoms with Gasteiger partial charge in [0.1, 0.15) is 6.33 Å². The molecule has 28 heavy (non-hydrogen) atoms. The summed E-state index contributed by atoms with van der Waals surface area (Å²) >= 11 is 0. The van der Waals surface area contributed by atoms with Gasteiger partial charge in [0.15, 0.2) is 23.2 Å². The monoisotopic (exact) mass is 378 g/mol. The molecule has 0 bridgehead atoms. The maximum Gasteiger partial charge on any atom is 0.343 e. The zero-order valence-corrected chi connectivity index (χ0v) is 14.3. The van der Waals surface area contributed by atoms with Gasteiger partial charge in [-0.15, -0.1) is 10.2 Å². The van der Waals surface area contributed by atoms with Gasteiger partial charge in [-0.1, -0.05) is 5.21 Å². The van der Waals surface area contributed by atoms with E-state index in [1.54, 1.807) is 40.9 Å². The van der Waals surface area contributed by atoms with Gasteiger partial charge < -0.3 is 15.8 Å². The van der Waals surface area contributed by atoms with Crippen LogP contribution in [0.1, 0.15) is 21.9 Å². The Balaban J connectivity index is 1.55. The Kier molecular flexibility index (Phi) is 4.34. The van der Waals surface area contributed by atoms with Crippen molar-refractivity contribution in [2.75, 3.05) is 5.32 Å². The number of H-pyrrole nitrogens is 1. The minimum absolute atomic E-state index is 0.189. The average Bonchev–Trinajstić information content (AvgIpc) is 3.36. The summed E-state index contributed by atoms with van der Waals surface area (Å²) in [5.41, 5.74) is 7.35. The largest absolute Gasteiger partial charge is 0.419 e. The number of carbonyl (C=O) groups excluding carboxylic acids is 1. The van der Waals surface area contributed by atoms with Crippen molar-refractivity contribution in [3.63, 3.8) is 0 Å². The molecule has 5 N–H and O–H groups in total. The quantitative estimate of drug-likeness (QED) is 0.217. The number of aromatic nitrogens is 7. The van der Waals surface area contributed by atoms with Crippen LogP contribution in [-0.2, 0) is 6.42 Å². The number of anilines is 1. The Hall–Kier alpha value is -4.35. The highest BCUT2D eigenvalue weighted by Gasteiger charge is 2.15. The summed E-state index contributed by atoms with van der Waals surface area (Å²) < 4.78 is 7.04. The number of guanidine groups is 1. The van der Waals surface area contributed by atoms with E-state index < -0.39 is 5.97 Å². The molecule has 4 aromatic rings. The van der Waals surface area contributed by atoms with E-state index >= 15 is 0 Å². The number of rotatable bonds is 5. The van der Waals surface area contributed by atoms with E-state index in [9.17, 15) is 4.79 Å². The lowest BCUT2D eigenvalue weighted by Crippen LogP contribution is -2.20. The first kappa shape index (κ1) is 17.1. The summed E-state index contributed by atoms with van der Waals surface area (Å²) in [5.74, 6) is 0.0294. The SMILES string of the molecule is N=C(N)Nc1ccc(C(=O)Oc2ccc(Cc3nn[nH]n3)n3ncnc23)cc1. The highest BCUT2D eigenvalue weighted by molar-refractivity contribution is 5.93. The lowest BCUT2D eigenvalue weighted by molar-refractivity contribution is 0.0736. The molecular formula is C16H14N10O2. The molecule has 12 nitrogen and oxygen atoms in total. The van der Waals surface area contributed by atoms with Gasteiger partial charge in [-0.25, -0.2) is 14.3 Å². The van der Waals surface area contributed by atoms with Crippen molar-refractivity contribution in [2.24, 2.45) is 5.73 Å². The van der Waals surface area contributed by atoms with Crippen LogP contribution < -0.4 is 15.8 Å². The number of tetrazole rings is 1. The first-order valence-corrected chi connectivity index (χ1v) is 8.07. The molecule has 0 saturated heterocycles. The van der Waals surface area contributed by atoms with Crippen LogP contribution in [0.5, 0.6) is 5.75 Å². The Morgan fingerprint density at radius 1 is 1.25 bits per heavy atom. The van der Waals surface area contributed by atoms with Gasteiger partial charge in [-0.3, -0.25) is 5.41 Å². The van der Waals surface area contributed by atoms with E-state index in [4.69, 9.17) is 15.9 Å². The third kappa shape index (κ3) is 3.46. The highest BCUT2D eigenvalue weighted by Crippen LogP contribution is 2.21. The number of fused-ring (bicyclic) bond motifs is 1. The number of nitrogens with one attached hydrogen (secondary N) is 3. The van der Waals surface area contributed by atoms with Gasteiger partial charge in [0, 0.05) is 5.69 Å². The number of hydrogen-bond donors (Lipinski definition) is 4. The average molecular weight is 378 g/mol. The number of aromatic amines is 1. The predicted molar refractivity (Wildman–Crippen MR) is 96.9 cm³/mol. The first-order chi connectivity index (χ1) is 13.6. The molecule has 0 fully saturated rings. The number of nitrogens with zero attached hydrogens (tertiary/aromatic N) is 6. The number of pyridine rings is 1. The van der Waals surface area contributed by atoms with E-state index in [0.29, 0.717) is 29.1 Å². The molecule has 0 amide bonds. The molecule has 0 radical (unpaired) electrons. The number of carbonyl (C=O) groups is 1. The number of hydrogen-bond acceptors (Lipinski definition) is 8. The molecule has 0 aliphatic carbocycles. The summed E-state index contributed by atoms with van der Waals surface area (Å²) in [6.45, 7) is 0. The van der Waals surface area contributed by atoms with Crippen LogP contribution in [0.4, 0.5) is 5.69 Å². The Bertz CT molecular complexity index is 1130. The molecule has 12 heteroatoms. The minimum Gasteiger partial charge on any atom is -0.419 e. The maximum atomic E-state index is 12.5. The van der Waals surface area contributed by atoms with Crippen LogP contribution in [0.15, 0.2) is 42.7 Å². The zero-order valence-electron chi connectivity index (χ0n) is 14.3. The molecule has 0 spiro atoms.